The Bertz CT molecular complexity index is 140. The number of alkyl halides is 1. The van der Waals surface area contributed by atoms with Crippen LogP contribution in [0.2, 0.25) is 0 Å². The molecule has 1 unspecified atom stereocenters. The molecule has 0 N–H and O–H groups in total. The van der Waals surface area contributed by atoms with Crippen LogP contribution in [-0.4, -0.2) is 5.33 Å². The van der Waals surface area contributed by atoms with Gasteiger partial charge in [-0.1, -0.05) is 28.1 Å². The van der Waals surface area contributed by atoms with Crippen molar-refractivity contribution in [1.82, 2.24) is 0 Å². The summed E-state index contributed by atoms with van der Waals surface area (Å²) in [5.74, 6) is 2.83. The van der Waals surface area contributed by atoms with Crippen LogP contribution in [0.15, 0.2) is 12.2 Å². The van der Waals surface area contributed by atoms with Crippen molar-refractivity contribution in [2.75, 3.05) is 5.33 Å². The van der Waals surface area contributed by atoms with E-state index in [1.54, 1.807) is 0 Å². The van der Waals surface area contributed by atoms with Gasteiger partial charge in [0.05, 0.1) is 0 Å². The molecule has 3 atom stereocenters. The van der Waals surface area contributed by atoms with Crippen molar-refractivity contribution in [2.45, 2.75) is 12.8 Å². The minimum atomic E-state index is 0.925. The van der Waals surface area contributed by atoms with E-state index in [2.05, 4.69) is 28.1 Å². The maximum absolute atomic E-state index is 3.54. The molecule has 0 aromatic heterocycles. The standard InChI is InChI=1S/C8H11Br/c9-5-8-4-6-1-2-7(8)3-6/h1-2,6-8H,3-5H2/t6-,7+,8?/m0/s1. The highest BCUT2D eigenvalue weighted by molar-refractivity contribution is 9.09. The van der Waals surface area contributed by atoms with E-state index in [0.717, 1.165) is 17.8 Å². The Morgan fingerprint density at radius 1 is 1.33 bits per heavy atom. The van der Waals surface area contributed by atoms with Crippen LogP contribution in [0.5, 0.6) is 0 Å². The Morgan fingerprint density at radius 2 is 2.22 bits per heavy atom. The third kappa shape index (κ3) is 0.861. The molecule has 9 heavy (non-hydrogen) atoms. The molecule has 0 spiro atoms. The molecule has 1 saturated carbocycles. The van der Waals surface area contributed by atoms with Crippen molar-refractivity contribution in [3.63, 3.8) is 0 Å². The second-order valence-electron chi connectivity index (χ2n) is 3.19. The lowest BCUT2D eigenvalue weighted by atomic mass is 9.96. The third-order valence-corrected chi connectivity index (χ3v) is 3.45. The monoisotopic (exact) mass is 186 g/mol. The Morgan fingerprint density at radius 3 is 2.56 bits per heavy atom. The molecule has 1 fully saturated rings. The molecule has 2 rings (SSSR count). The van der Waals surface area contributed by atoms with Crippen molar-refractivity contribution in [1.29, 1.82) is 0 Å². The second-order valence-corrected chi connectivity index (χ2v) is 3.84. The lowest BCUT2D eigenvalue weighted by Crippen LogP contribution is -2.07. The zero-order valence-corrected chi connectivity index (χ0v) is 6.97. The van der Waals surface area contributed by atoms with Crippen molar-refractivity contribution in [2.24, 2.45) is 17.8 Å². The van der Waals surface area contributed by atoms with Crippen LogP contribution in [0.3, 0.4) is 0 Å². The molecule has 2 aliphatic rings. The van der Waals surface area contributed by atoms with Crippen LogP contribution < -0.4 is 0 Å². The first kappa shape index (κ1) is 5.96. The first-order valence-electron chi connectivity index (χ1n) is 3.64. The fourth-order valence-corrected chi connectivity index (χ4v) is 2.82. The normalized spacial score (nSPS) is 46.6. The Kier molecular flexibility index (Phi) is 1.40. The molecule has 0 heterocycles. The van der Waals surface area contributed by atoms with E-state index < -0.39 is 0 Å². The molecule has 0 aliphatic heterocycles. The average molecular weight is 187 g/mol. The maximum atomic E-state index is 3.54. The summed E-state index contributed by atoms with van der Waals surface area (Å²) in [6.07, 6.45) is 7.67. The molecule has 2 aliphatic carbocycles. The van der Waals surface area contributed by atoms with Gasteiger partial charge in [0.15, 0.2) is 0 Å². The quantitative estimate of drug-likeness (QED) is 0.437. The predicted octanol–water partition coefficient (Wildman–Crippen LogP) is 2.59. The lowest BCUT2D eigenvalue weighted by molar-refractivity contribution is 0.505. The molecular formula is C8H11Br. The topological polar surface area (TPSA) is 0 Å². The highest BCUT2D eigenvalue weighted by Crippen LogP contribution is 2.43. The van der Waals surface area contributed by atoms with Gasteiger partial charge in [-0.05, 0) is 30.6 Å². The molecule has 1 heteroatoms. The zero-order chi connectivity index (χ0) is 6.27. The molecule has 0 radical (unpaired) electrons. The lowest BCUT2D eigenvalue weighted by Gasteiger charge is -2.13. The highest BCUT2D eigenvalue weighted by Gasteiger charge is 2.34. The van der Waals surface area contributed by atoms with Gasteiger partial charge in [-0.25, -0.2) is 0 Å². The van der Waals surface area contributed by atoms with Crippen LogP contribution in [0, 0.1) is 17.8 Å². The summed E-state index contributed by atoms with van der Waals surface area (Å²) in [5, 5.41) is 1.21. The van der Waals surface area contributed by atoms with Gasteiger partial charge in [0.1, 0.15) is 0 Å². The van der Waals surface area contributed by atoms with Gasteiger partial charge in [0, 0.05) is 5.33 Å². The number of fused-ring (bicyclic) bond motifs is 2. The fourth-order valence-electron chi connectivity index (χ4n) is 2.07. The van der Waals surface area contributed by atoms with Gasteiger partial charge in [-0.2, -0.15) is 0 Å². The maximum Gasteiger partial charge on any atom is 0.00655 e. The van der Waals surface area contributed by atoms with Gasteiger partial charge in [-0.3, -0.25) is 0 Å². The second kappa shape index (κ2) is 2.12. The molecule has 2 bridgehead atoms. The van der Waals surface area contributed by atoms with E-state index in [0.29, 0.717) is 0 Å². The summed E-state index contributed by atoms with van der Waals surface area (Å²) in [5.41, 5.74) is 0. The summed E-state index contributed by atoms with van der Waals surface area (Å²) in [6.45, 7) is 0. The fraction of sp³-hybridized carbons (Fsp3) is 0.750. The molecule has 0 saturated heterocycles. The van der Waals surface area contributed by atoms with Crippen molar-refractivity contribution in [3.8, 4) is 0 Å². The molecule has 0 amide bonds. The average Bonchev–Trinajstić information content (AvgIpc) is 2.45. The summed E-state index contributed by atoms with van der Waals surface area (Å²) in [7, 11) is 0. The minimum absolute atomic E-state index is 0.925. The smallest absolute Gasteiger partial charge is 0.00655 e. The van der Waals surface area contributed by atoms with Gasteiger partial charge >= 0.3 is 0 Å². The van der Waals surface area contributed by atoms with E-state index in [1.165, 1.54) is 18.2 Å². The Hall–Kier alpha value is 0.220. The van der Waals surface area contributed by atoms with E-state index in [9.17, 15) is 0 Å². The van der Waals surface area contributed by atoms with Crippen LogP contribution in [0.25, 0.3) is 0 Å². The molecule has 0 aromatic carbocycles. The molecule has 50 valence electrons. The van der Waals surface area contributed by atoms with Crippen LogP contribution in [0.1, 0.15) is 12.8 Å². The van der Waals surface area contributed by atoms with Crippen molar-refractivity contribution in [3.05, 3.63) is 12.2 Å². The van der Waals surface area contributed by atoms with Crippen LogP contribution in [-0.2, 0) is 0 Å². The molecule has 0 aromatic rings. The SMILES string of the molecule is BrCC1C[C@H]2C=C[C@@H]1C2. The number of hydrogen-bond acceptors (Lipinski definition) is 0. The van der Waals surface area contributed by atoms with E-state index >= 15 is 0 Å². The Labute approximate surface area is 64.5 Å². The first-order valence-corrected chi connectivity index (χ1v) is 4.76. The van der Waals surface area contributed by atoms with Crippen LogP contribution in [0.4, 0.5) is 0 Å². The minimum Gasteiger partial charge on any atom is -0.0925 e. The number of halogens is 1. The van der Waals surface area contributed by atoms with E-state index in [4.69, 9.17) is 0 Å². The number of allylic oxidation sites excluding steroid dienone is 2. The summed E-state index contributed by atoms with van der Waals surface area (Å²) < 4.78 is 0. The summed E-state index contributed by atoms with van der Waals surface area (Å²) in [4.78, 5) is 0. The largest absolute Gasteiger partial charge is 0.0925 e. The van der Waals surface area contributed by atoms with Gasteiger partial charge in [0.2, 0.25) is 0 Å². The summed E-state index contributed by atoms with van der Waals surface area (Å²) >= 11 is 3.54. The van der Waals surface area contributed by atoms with Gasteiger partial charge in [0.25, 0.3) is 0 Å². The van der Waals surface area contributed by atoms with E-state index in [-0.39, 0.29) is 0 Å². The highest BCUT2D eigenvalue weighted by atomic mass is 79.9. The van der Waals surface area contributed by atoms with Gasteiger partial charge in [-0.15, -0.1) is 0 Å². The summed E-state index contributed by atoms with van der Waals surface area (Å²) in [6, 6.07) is 0. The zero-order valence-electron chi connectivity index (χ0n) is 5.39. The number of hydrogen-bond donors (Lipinski definition) is 0. The molecular weight excluding hydrogens is 176 g/mol. The predicted molar refractivity (Wildman–Crippen MR) is 42.6 cm³/mol. The van der Waals surface area contributed by atoms with E-state index in [1.807, 2.05) is 0 Å². The van der Waals surface area contributed by atoms with Crippen molar-refractivity contribution < 1.29 is 0 Å². The van der Waals surface area contributed by atoms with Crippen molar-refractivity contribution >= 4 is 15.9 Å². The molecule has 0 nitrogen and oxygen atoms in total. The Balaban J connectivity index is 2.10. The first-order chi connectivity index (χ1) is 4.40. The third-order valence-electron chi connectivity index (χ3n) is 2.61. The van der Waals surface area contributed by atoms with Gasteiger partial charge < -0.3 is 0 Å². The van der Waals surface area contributed by atoms with Crippen LogP contribution >= 0.6 is 15.9 Å². The number of rotatable bonds is 1.